The molecule has 5 nitrogen and oxygen atoms in total. The van der Waals surface area contributed by atoms with Crippen molar-refractivity contribution in [1.82, 2.24) is 9.88 Å². The molecule has 0 aliphatic heterocycles. The highest BCUT2D eigenvalue weighted by atomic mass is 35.5. The molecule has 0 bridgehead atoms. The third-order valence-electron chi connectivity index (χ3n) is 3.42. The van der Waals surface area contributed by atoms with E-state index in [1.54, 1.807) is 17.2 Å². The molecule has 0 radical (unpaired) electrons. The molecule has 0 saturated heterocycles. The van der Waals surface area contributed by atoms with Crippen molar-refractivity contribution in [2.75, 3.05) is 12.3 Å². The zero-order chi connectivity index (χ0) is 17.6. The quantitative estimate of drug-likeness (QED) is 0.551. The Morgan fingerprint density at radius 2 is 2.32 bits per heavy atom. The first-order valence-corrected chi connectivity index (χ1v) is 9.69. The van der Waals surface area contributed by atoms with E-state index in [1.165, 1.54) is 23.1 Å². The molecule has 1 aromatic carbocycles. The van der Waals surface area contributed by atoms with E-state index in [2.05, 4.69) is 11.1 Å². The van der Waals surface area contributed by atoms with Gasteiger partial charge in [0.1, 0.15) is 5.76 Å². The molecule has 0 N–H and O–H groups in total. The smallest absolute Gasteiger partial charge is 0.233 e. The number of thiazole rings is 1. The predicted molar refractivity (Wildman–Crippen MR) is 99.7 cm³/mol. The van der Waals surface area contributed by atoms with E-state index in [1.807, 2.05) is 24.3 Å². The molecule has 0 atom stereocenters. The van der Waals surface area contributed by atoms with Crippen molar-refractivity contribution in [2.45, 2.75) is 17.3 Å². The molecule has 0 spiro atoms. The topological polar surface area (TPSA) is 70.1 Å². The average Bonchev–Trinajstić information content (AvgIpc) is 3.25. The summed E-state index contributed by atoms with van der Waals surface area (Å²) < 4.78 is 7.16. The first kappa shape index (κ1) is 17.8. The number of fused-ring (bicyclic) bond motifs is 1. The Bertz CT molecular complexity index is 902. The van der Waals surface area contributed by atoms with Gasteiger partial charge in [0, 0.05) is 11.6 Å². The van der Waals surface area contributed by atoms with Crippen LogP contribution >= 0.6 is 34.7 Å². The van der Waals surface area contributed by atoms with Crippen LogP contribution in [0.4, 0.5) is 0 Å². The van der Waals surface area contributed by atoms with Crippen molar-refractivity contribution in [3.05, 3.63) is 47.4 Å². The highest BCUT2D eigenvalue weighted by Crippen LogP contribution is 2.31. The number of hydrogen-bond donors (Lipinski definition) is 0. The van der Waals surface area contributed by atoms with Crippen molar-refractivity contribution in [3.8, 4) is 6.07 Å². The summed E-state index contributed by atoms with van der Waals surface area (Å²) in [5.41, 5.74) is 0.837. The summed E-state index contributed by atoms with van der Waals surface area (Å²) in [4.78, 5) is 18.7. The summed E-state index contributed by atoms with van der Waals surface area (Å²) in [5.74, 6) is 0.916. The van der Waals surface area contributed by atoms with Crippen LogP contribution in [-0.4, -0.2) is 28.1 Å². The number of halogens is 1. The van der Waals surface area contributed by atoms with Gasteiger partial charge in [-0.2, -0.15) is 5.26 Å². The molecule has 3 rings (SSSR count). The number of thioether (sulfide) groups is 1. The van der Waals surface area contributed by atoms with Gasteiger partial charge in [-0.25, -0.2) is 4.98 Å². The Morgan fingerprint density at radius 1 is 1.44 bits per heavy atom. The minimum atomic E-state index is -0.0473. The highest BCUT2D eigenvalue weighted by molar-refractivity contribution is 8.01. The summed E-state index contributed by atoms with van der Waals surface area (Å²) in [6.45, 7) is 0.746. The van der Waals surface area contributed by atoms with Crippen molar-refractivity contribution < 1.29 is 9.21 Å². The molecule has 2 heterocycles. The molecule has 0 aliphatic carbocycles. The zero-order valence-electron chi connectivity index (χ0n) is 13.1. The van der Waals surface area contributed by atoms with Crippen molar-refractivity contribution in [1.29, 1.82) is 5.26 Å². The normalized spacial score (nSPS) is 10.7. The largest absolute Gasteiger partial charge is 0.467 e. The van der Waals surface area contributed by atoms with Gasteiger partial charge in [-0.05, 0) is 30.3 Å². The molecule has 3 aromatic rings. The van der Waals surface area contributed by atoms with E-state index in [9.17, 15) is 4.79 Å². The molecule has 0 fully saturated rings. The second kappa shape index (κ2) is 8.39. The van der Waals surface area contributed by atoms with Crippen LogP contribution in [0.1, 0.15) is 12.2 Å². The second-order valence-corrected chi connectivity index (χ2v) is 7.87. The molecule has 128 valence electrons. The van der Waals surface area contributed by atoms with Crippen molar-refractivity contribution >= 4 is 50.8 Å². The van der Waals surface area contributed by atoms with Gasteiger partial charge in [-0.3, -0.25) is 4.79 Å². The van der Waals surface area contributed by atoms with Gasteiger partial charge in [0.2, 0.25) is 5.91 Å². The van der Waals surface area contributed by atoms with Gasteiger partial charge >= 0.3 is 0 Å². The average molecular weight is 392 g/mol. The van der Waals surface area contributed by atoms with E-state index in [0.717, 1.165) is 14.6 Å². The number of nitrogens with zero attached hydrogens (tertiary/aromatic N) is 3. The van der Waals surface area contributed by atoms with E-state index >= 15 is 0 Å². The van der Waals surface area contributed by atoms with Crippen molar-refractivity contribution in [3.63, 3.8) is 0 Å². The fourth-order valence-corrected chi connectivity index (χ4v) is 4.34. The number of amides is 1. The Labute approximate surface area is 158 Å². The van der Waals surface area contributed by atoms with Crippen LogP contribution in [0.3, 0.4) is 0 Å². The maximum atomic E-state index is 12.5. The van der Waals surface area contributed by atoms with Crippen molar-refractivity contribution in [2.24, 2.45) is 0 Å². The van der Waals surface area contributed by atoms with Gasteiger partial charge in [0.15, 0.2) is 4.34 Å². The molecule has 0 unspecified atom stereocenters. The summed E-state index contributed by atoms with van der Waals surface area (Å²) in [5, 5.41) is 9.44. The SMILES string of the molecule is N#CCCN(Cc1ccco1)C(=O)CSc1nc2cc(Cl)ccc2s1. The molecule has 2 aromatic heterocycles. The van der Waals surface area contributed by atoms with Crippen LogP contribution in [-0.2, 0) is 11.3 Å². The lowest BCUT2D eigenvalue weighted by Gasteiger charge is -2.20. The minimum Gasteiger partial charge on any atom is -0.467 e. The van der Waals surface area contributed by atoms with Gasteiger partial charge < -0.3 is 9.32 Å². The maximum Gasteiger partial charge on any atom is 0.233 e. The number of carbonyl (C=O) groups excluding carboxylic acids is 1. The zero-order valence-corrected chi connectivity index (χ0v) is 15.5. The molecular weight excluding hydrogens is 378 g/mol. The van der Waals surface area contributed by atoms with Crippen LogP contribution in [0, 0.1) is 11.3 Å². The van der Waals surface area contributed by atoms with E-state index in [4.69, 9.17) is 21.3 Å². The van der Waals surface area contributed by atoms with E-state index < -0.39 is 0 Å². The molecule has 0 aliphatic rings. The molecule has 0 saturated carbocycles. The maximum absolute atomic E-state index is 12.5. The number of carbonyl (C=O) groups is 1. The third kappa shape index (κ3) is 4.75. The van der Waals surface area contributed by atoms with Gasteiger partial charge in [0.25, 0.3) is 0 Å². The first-order valence-electron chi connectivity index (χ1n) is 7.51. The lowest BCUT2D eigenvalue weighted by molar-refractivity contribution is -0.129. The number of rotatable bonds is 7. The number of hydrogen-bond acceptors (Lipinski definition) is 6. The third-order valence-corrected chi connectivity index (χ3v) is 5.82. The fourth-order valence-electron chi connectivity index (χ4n) is 2.22. The highest BCUT2D eigenvalue weighted by Gasteiger charge is 2.16. The monoisotopic (exact) mass is 391 g/mol. The summed E-state index contributed by atoms with van der Waals surface area (Å²) in [6, 6.07) is 11.2. The minimum absolute atomic E-state index is 0.0473. The second-order valence-electron chi connectivity index (χ2n) is 5.18. The molecule has 25 heavy (non-hydrogen) atoms. The Balaban J connectivity index is 1.64. The molecule has 8 heteroatoms. The predicted octanol–water partition coefficient (Wildman–Crippen LogP) is 4.58. The number of benzene rings is 1. The van der Waals surface area contributed by atoms with Crippen LogP contribution < -0.4 is 0 Å². The lowest BCUT2D eigenvalue weighted by Crippen LogP contribution is -2.32. The summed E-state index contributed by atoms with van der Waals surface area (Å²) in [7, 11) is 0. The summed E-state index contributed by atoms with van der Waals surface area (Å²) >= 11 is 8.90. The number of furan rings is 1. The summed E-state index contributed by atoms with van der Waals surface area (Å²) in [6.07, 6.45) is 1.86. The fraction of sp³-hybridized carbons (Fsp3) is 0.235. The van der Waals surface area contributed by atoms with Crippen LogP contribution in [0.2, 0.25) is 5.02 Å². The van der Waals surface area contributed by atoms with Crippen LogP contribution in [0.15, 0.2) is 45.4 Å². The Morgan fingerprint density at radius 3 is 3.08 bits per heavy atom. The lowest BCUT2D eigenvalue weighted by atomic mass is 10.3. The van der Waals surface area contributed by atoms with Gasteiger partial charge in [0.05, 0.1) is 41.3 Å². The van der Waals surface area contributed by atoms with Crippen LogP contribution in [0.5, 0.6) is 0 Å². The van der Waals surface area contributed by atoms with E-state index in [-0.39, 0.29) is 18.1 Å². The van der Waals surface area contributed by atoms with Crippen LogP contribution in [0.25, 0.3) is 10.2 Å². The first-order chi connectivity index (χ1) is 12.2. The Kier molecular flexibility index (Phi) is 5.97. The molecular formula is C17H14ClN3O2S2. The van der Waals surface area contributed by atoms with Gasteiger partial charge in [-0.15, -0.1) is 11.3 Å². The number of nitriles is 1. The number of aromatic nitrogens is 1. The standard InChI is InChI=1S/C17H14ClN3O2S2/c18-12-4-5-15-14(9-12)20-17(25-15)24-11-16(22)21(7-2-6-19)10-13-3-1-8-23-13/h1,3-5,8-9H,2,7,10-11H2. The molecule has 1 amide bonds. The van der Waals surface area contributed by atoms with Gasteiger partial charge in [-0.1, -0.05) is 23.4 Å². The Hall–Kier alpha value is -2.01. The van der Waals surface area contributed by atoms with E-state index in [0.29, 0.717) is 23.9 Å².